The van der Waals surface area contributed by atoms with Crippen LogP contribution in [0.4, 0.5) is 5.95 Å². The van der Waals surface area contributed by atoms with Gasteiger partial charge in [0, 0.05) is 29.9 Å². The number of anilines is 1. The second kappa shape index (κ2) is 5.98. The molecule has 0 amide bonds. The minimum Gasteiger partial charge on any atom is -0.491 e. The highest BCUT2D eigenvalue weighted by molar-refractivity contribution is 5.93. The number of rotatable bonds is 5. The molecule has 114 valence electrons. The molecule has 22 heavy (non-hydrogen) atoms. The number of likely N-dealkylation sites (N-methyl/N-ethyl adjacent to an activating group) is 1. The maximum Gasteiger partial charge on any atom is 0.220 e. The lowest BCUT2D eigenvalue weighted by Gasteiger charge is -2.10. The normalized spacial score (nSPS) is 11.2. The van der Waals surface area contributed by atoms with Gasteiger partial charge in [0.2, 0.25) is 5.95 Å². The van der Waals surface area contributed by atoms with Crippen LogP contribution in [0.15, 0.2) is 30.7 Å². The molecule has 0 bridgehead atoms. The largest absolute Gasteiger partial charge is 0.491 e. The molecule has 3 aromatic rings. The number of nitrogens with two attached hydrogens (primary N) is 1. The molecule has 0 aliphatic heterocycles. The van der Waals surface area contributed by atoms with E-state index >= 15 is 0 Å². The molecule has 0 spiro atoms. The van der Waals surface area contributed by atoms with Crippen LogP contribution in [0.5, 0.6) is 5.75 Å². The number of hydrogen-bond donors (Lipinski definition) is 2. The summed E-state index contributed by atoms with van der Waals surface area (Å²) in [6.07, 6.45) is 5.22. The number of aromatic amines is 1. The Morgan fingerprint density at radius 2 is 2.18 bits per heavy atom. The molecule has 7 nitrogen and oxygen atoms in total. The minimum absolute atomic E-state index is 0.248. The smallest absolute Gasteiger partial charge is 0.220 e. The Morgan fingerprint density at radius 1 is 1.32 bits per heavy atom. The molecule has 0 saturated heterocycles. The lowest BCUT2D eigenvalue weighted by molar-refractivity contribution is 0.261. The van der Waals surface area contributed by atoms with Gasteiger partial charge in [-0.25, -0.2) is 15.0 Å². The van der Waals surface area contributed by atoms with Crippen LogP contribution in [0, 0.1) is 0 Å². The van der Waals surface area contributed by atoms with Gasteiger partial charge >= 0.3 is 0 Å². The van der Waals surface area contributed by atoms with E-state index in [-0.39, 0.29) is 5.95 Å². The van der Waals surface area contributed by atoms with Gasteiger partial charge in [-0.1, -0.05) is 0 Å². The molecule has 0 unspecified atom stereocenters. The van der Waals surface area contributed by atoms with Crippen LogP contribution in [-0.4, -0.2) is 52.1 Å². The van der Waals surface area contributed by atoms with Gasteiger partial charge in [0.15, 0.2) is 0 Å². The molecule has 3 heterocycles. The average molecular weight is 298 g/mol. The quantitative estimate of drug-likeness (QED) is 0.742. The van der Waals surface area contributed by atoms with E-state index in [0.29, 0.717) is 6.61 Å². The number of aromatic nitrogens is 4. The van der Waals surface area contributed by atoms with Crippen molar-refractivity contribution in [2.24, 2.45) is 0 Å². The SMILES string of the molecule is CN(C)CCOc1cnc2[nH]cc(-c3ccnc(N)n3)c2c1. The second-order valence-corrected chi connectivity index (χ2v) is 5.22. The first kappa shape index (κ1) is 14.3. The molecule has 0 radical (unpaired) electrons. The fraction of sp³-hybridized carbons (Fsp3) is 0.267. The van der Waals surface area contributed by atoms with Crippen LogP contribution in [0.3, 0.4) is 0 Å². The van der Waals surface area contributed by atoms with Crippen molar-refractivity contribution in [3.8, 4) is 17.0 Å². The standard InChI is InChI=1S/C15H18N6O/c1-21(2)5-6-22-10-7-11-12(9-19-14(11)18-8-10)13-3-4-17-15(16)20-13/h3-4,7-9H,5-6H2,1-2H3,(H,18,19)(H2,16,17,20). The van der Waals surface area contributed by atoms with Gasteiger partial charge in [-0.3, -0.25) is 0 Å². The maximum atomic E-state index is 5.73. The number of nitrogen functional groups attached to an aromatic ring is 1. The first-order valence-corrected chi connectivity index (χ1v) is 6.97. The highest BCUT2D eigenvalue weighted by Crippen LogP contribution is 2.28. The number of hydrogen-bond acceptors (Lipinski definition) is 6. The molecule has 0 saturated carbocycles. The van der Waals surface area contributed by atoms with E-state index in [9.17, 15) is 0 Å². The second-order valence-electron chi connectivity index (χ2n) is 5.22. The summed E-state index contributed by atoms with van der Waals surface area (Å²) in [6.45, 7) is 1.46. The van der Waals surface area contributed by atoms with E-state index in [1.54, 1.807) is 12.4 Å². The Morgan fingerprint density at radius 3 is 2.95 bits per heavy atom. The third kappa shape index (κ3) is 2.99. The molecule has 0 aromatic carbocycles. The van der Waals surface area contributed by atoms with Crippen molar-refractivity contribution in [3.63, 3.8) is 0 Å². The summed E-state index contributed by atoms with van der Waals surface area (Å²) in [5.74, 6) is 0.982. The van der Waals surface area contributed by atoms with Crippen LogP contribution < -0.4 is 10.5 Å². The Hall–Kier alpha value is -2.67. The van der Waals surface area contributed by atoms with Crippen molar-refractivity contribution in [1.82, 2.24) is 24.8 Å². The zero-order valence-electron chi connectivity index (χ0n) is 12.6. The van der Waals surface area contributed by atoms with Gasteiger partial charge < -0.3 is 20.4 Å². The van der Waals surface area contributed by atoms with Crippen LogP contribution in [0.25, 0.3) is 22.3 Å². The fourth-order valence-corrected chi connectivity index (χ4v) is 2.14. The predicted octanol–water partition coefficient (Wildman–Crippen LogP) is 1.54. The van der Waals surface area contributed by atoms with Crippen molar-refractivity contribution >= 4 is 17.0 Å². The lowest BCUT2D eigenvalue weighted by atomic mass is 10.1. The zero-order chi connectivity index (χ0) is 15.5. The third-order valence-corrected chi connectivity index (χ3v) is 3.26. The molecular formula is C15H18N6O. The fourth-order valence-electron chi connectivity index (χ4n) is 2.14. The van der Waals surface area contributed by atoms with Gasteiger partial charge in [-0.05, 0) is 26.2 Å². The first-order chi connectivity index (χ1) is 10.6. The van der Waals surface area contributed by atoms with Crippen LogP contribution in [-0.2, 0) is 0 Å². The Kier molecular flexibility index (Phi) is 3.88. The summed E-state index contributed by atoms with van der Waals surface area (Å²) in [7, 11) is 4.02. The Labute approximate surface area is 128 Å². The zero-order valence-corrected chi connectivity index (χ0v) is 12.6. The minimum atomic E-state index is 0.248. The molecule has 3 aromatic heterocycles. The summed E-state index contributed by atoms with van der Waals surface area (Å²) in [5, 5.41) is 0.945. The predicted molar refractivity (Wildman–Crippen MR) is 85.6 cm³/mol. The van der Waals surface area contributed by atoms with E-state index in [1.807, 2.05) is 32.4 Å². The van der Waals surface area contributed by atoms with Crippen molar-refractivity contribution < 1.29 is 4.74 Å². The topological polar surface area (TPSA) is 93.0 Å². The number of fused-ring (bicyclic) bond motifs is 1. The number of nitrogens with one attached hydrogen (secondary N) is 1. The molecule has 0 atom stereocenters. The summed E-state index contributed by atoms with van der Waals surface area (Å²) in [6, 6.07) is 3.78. The first-order valence-electron chi connectivity index (χ1n) is 6.97. The van der Waals surface area contributed by atoms with Gasteiger partial charge in [-0.2, -0.15) is 0 Å². The third-order valence-electron chi connectivity index (χ3n) is 3.26. The van der Waals surface area contributed by atoms with Crippen molar-refractivity contribution in [2.45, 2.75) is 0 Å². The van der Waals surface area contributed by atoms with Gasteiger partial charge in [0.25, 0.3) is 0 Å². The number of pyridine rings is 1. The summed E-state index contributed by atoms with van der Waals surface area (Å²) < 4.78 is 5.73. The van der Waals surface area contributed by atoms with E-state index in [1.165, 1.54) is 0 Å². The number of H-pyrrole nitrogens is 1. The van der Waals surface area contributed by atoms with Crippen molar-refractivity contribution in [1.29, 1.82) is 0 Å². The molecule has 0 aliphatic carbocycles. The average Bonchev–Trinajstić information content (AvgIpc) is 2.90. The van der Waals surface area contributed by atoms with Crippen molar-refractivity contribution in [2.75, 3.05) is 33.0 Å². The van der Waals surface area contributed by atoms with Crippen molar-refractivity contribution in [3.05, 3.63) is 30.7 Å². The van der Waals surface area contributed by atoms with Crippen LogP contribution >= 0.6 is 0 Å². The van der Waals surface area contributed by atoms with Gasteiger partial charge in [0.1, 0.15) is 18.0 Å². The highest BCUT2D eigenvalue weighted by atomic mass is 16.5. The van der Waals surface area contributed by atoms with Gasteiger partial charge in [0.05, 0.1) is 11.9 Å². The molecular weight excluding hydrogens is 280 g/mol. The summed E-state index contributed by atoms with van der Waals surface area (Å²) >= 11 is 0. The summed E-state index contributed by atoms with van der Waals surface area (Å²) in [4.78, 5) is 17.7. The molecule has 0 aliphatic rings. The Balaban J connectivity index is 1.92. The highest BCUT2D eigenvalue weighted by Gasteiger charge is 2.10. The van der Waals surface area contributed by atoms with E-state index in [4.69, 9.17) is 10.5 Å². The molecule has 3 N–H and O–H groups in total. The summed E-state index contributed by atoms with van der Waals surface area (Å²) in [5.41, 5.74) is 8.12. The molecule has 0 fully saturated rings. The Bertz CT molecular complexity index is 783. The number of nitrogens with zero attached hydrogens (tertiary/aromatic N) is 4. The van der Waals surface area contributed by atoms with Crippen LogP contribution in [0.2, 0.25) is 0 Å². The van der Waals surface area contributed by atoms with Crippen LogP contribution in [0.1, 0.15) is 0 Å². The van der Waals surface area contributed by atoms with Gasteiger partial charge in [-0.15, -0.1) is 0 Å². The van der Waals surface area contributed by atoms with E-state index < -0.39 is 0 Å². The lowest BCUT2D eigenvalue weighted by Crippen LogP contribution is -2.19. The molecule has 7 heteroatoms. The maximum absolute atomic E-state index is 5.73. The van der Waals surface area contributed by atoms with E-state index in [0.717, 1.165) is 34.6 Å². The monoisotopic (exact) mass is 298 g/mol. The molecule has 3 rings (SSSR count). The number of ether oxygens (including phenoxy) is 1. The van der Waals surface area contributed by atoms with E-state index in [2.05, 4.69) is 24.8 Å².